The molecule has 0 aliphatic carbocycles. The molecule has 0 atom stereocenters. The van der Waals surface area contributed by atoms with Crippen molar-refractivity contribution in [2.75, 3.05) is 0 Å². The Hall–Kier alpha value is 0.180. The maximum atomic E-state index is 3.42. The monoisotopic (exact) mass is 278 g/mol. The smallest absolute Gasteiger partial charge is 0.0215 e. The van der Waals surface area contributed by atoms with E-state index >= 15 is 0 Å². The highest BCUT2D eigenvalue weighted by Gasteiger charge is 1.95. The first-order valence-corrected chi connectivity index (χ1v) is 5.21. The summed E-state index contributed by atoms with van der Waals surface area (Å²) in [6.07, 6.45) is 0. The molecule has 0 aromatic heterocycles. The number of hydrogen-bond acceptors (Lipinski definition) is 0. The van der Waals surface area contributed by atoms with Crippen LogP contribution in [0.2, 0.25) is 0 Å². The molecule has 0 spiro atoms. The Morgan fingerprint density at radius 1 is 1.00 bits per heavy atom. The molecule has 0 nitrogen and oxygen atoms in total. The van der Waals surface area contributed by atoms with Crippen LogP contribution in [0, 0.1) is 6.92 Å². The summed E-state index contributed by atoms with van der Waals surface area (Å²) < 4.78 is 2.30. The van der Waals surface area contributed by atoms with Crippen LogP contribution in [0.4, 0.5) is 0 Å². The molecule has 1 rings (SSSR count). The van der Waals surface area contributed by atoms with Crippen LogP contribution in [0.3, 0.4) is 0 Å². The molecule has 0 saturated heterocycles. The lowest BCUT2D eigenvalue weighted by Gasteiger charge is -1.97. The molecule has 0 aliphatic rings. The zero-order valence-corrected chi connectivity index (χ0v) is 10.2. The third-order valence-electron chi connectivity index (χ3n) is 1.20. The normalized spacial score (nSPS) is 8.45. The third-order valence-corrected chi connectivity index (χ3v) is 2.92. The molecule has 0 aliphatic heterocycles. The van der Waals surface area contributed by atoms with Gasteiger partial charge in [0.15, 0.2) is 0 Å². The molecular formula is C9H12Br2. The predicted octanol–water partition coefficient (Wildman–Crippen LogP) is 4.55. The fraction of sp³-hybridized carbons (Fsp3) is 0.333. The van der Waals surface area contributed by atoms with E-state index in [0.29, 0.717) is 0 Å². The minimum Gasteiger partial charge on any atom is -0.0683 e. The van der Waals surface area contributed by atoms with Gasteiger partial charge in [0, 0.05) is 8.95 Å². The minimum absolute atomic E-state index is 1.15. The van der Waals surface area contributed by atoms with Crippen molar-refractivity contribution in [1.82, 2.24) is 0 Å². The molecule has 0 heterocycles. The second-order valence-corrected chi connectivity index (χ2v) is 3.56. The first-order valence-electron chi connectivity index (χ1n) is 3.62. The fourth-order valence-corrected chi connectivity index (χ4v) is 1.58. The predicted molar refractivity (Wildman–Crippen MR) is 57.9 cm³/mol. The van der Waals surface area contributed by atoms with Gasteiger partial charge in [-0.1, -0.05) is 51.8 Å². The standard InChI is InChI=1S/C7H6Br2.C2H6/c1-5-6(8)3-2-4-7(5)9;1-2/h2-4H,1H3;1-2H3. The quantitative estimate of drug-likeness (QED) is 0.654. The van der Waals surface area contributed by atoms with E-state index < -0.39 is 0 Å². The van der Waals surface area contributed by atoms with E-state index in [-0.39, 0.29) is 0 Å². The molecule has 0 N–H and O–H groups in total. The van der Waals surface area contributed by atoms with Gasteiger partial charge in [-0.05, 0) is 24.6 Å². The Balaban J connectivity index is 0.000000461. The Labute approximate surface area is 85.3 Å². The molecule has 1 aromatic rings. The zero-order valence-electron chi connectivity index (χ0n) is 6.99. The molecule has 0 unspecified atom stereocenters. The van der Waals surface area contributed by atoms with Crippen LogP contribution in [0.25, 0.3) is 0 Å². The van der Waals surface area contributed by atoms with Crippen molar-refractivity contribution in [2.24, 2.45) is 0 Å². The maximum Gasteiger partial charge on any atom is 0.0215 e. The lowest BCUT2D eigenvalue weighted by molar-refractivity contribution is 1.40. The Morgan fingerprint density at radius 3 is 1.64 bits per heavy atom. The van der Waals surface area contributed by atoms with Gasteiger partial charge in [-0.25, -0.2) is 0 Å². The summed E-state index contributed by atoms with van der Waals surface area (Å²) in [6, 6.07) is 6.06. The summed E-state index contributed by atoms with van der Waals surface area (Å²) in [5.74, 6) is 0. The number of halogens is 2. The van der Waals surface area contributed by atoms with Gasteiger partial charge >= 0.3 is 0 Å². The number of rotatable bonds is 0. The van der Waals surface area contributed by atoms with E-state index in [1.165, 1.54) is 5.56 Å². The van der Waals surface area contributed by atoms with Gasteiger partial charge in [0.2, 0.25) is 0 Å². The SMILES string of the molecule is CC.Cc1c(Br)cccc1Br. The molecule has 11 heavy (non-hydrogen) atoms. The largest absolute Gasteiger partial charge is 0.0683 e. The highest BCUT2D eigenvalue weighted by molar-refractivity contribution is 9.11. The van der Waals surface area contributed by atoms with Crippen molar-refractivity contribution in [2.45, 2.75) is 20.8 Å². The average molecular weight is 280 g/mol. The van der Waals surface area contributed by atoms with E-state index in [4.69, 9.17) is 0 Å². The Kier molecular flexibility index (Phi) is 5.88. The van der Waals surface area contributed by atoms with E-state index in [2.05, 4.69) is 38.8 Å². The van der Waals surface area contributed by atoms with Crippen LogP contribution in [-0.4, -0.2) is 0 Å². The lowest BCUT2D eigenvalue weighted by atomic mass is 10.2. The molecule has 0 radical (unpaired) electrons. The summed E-state index contributed by atoms with van der Waals surface area (Å²) >= 11 is 6.83. The minimum atomic E-state index is 1.15. The van der Waals surface area contributed by atoms with E-state index in [0.717, 1.165) is 8.95 Å². The number of benzene rings is 1. The first-order chi connectivity index (χ1) is 5.22. The van der Waals surface area contributed by atoms with E-state index in [9.17, 15) is 0 Å². The van der Waals surface area contributed by atoms with Crippen LogP contribution >= 0.6 is 31.9 Å². The Morgan fingerprint density at radius 2 is 1.36 bits per heavy atom. The highest BCUT2D eigenvalue weighted by Crippen LogP contribution is 2.23. The second-order valence-electron chi connectivity index (χ2n) is 1.85. The van der Waals surface area contributed by atoms with Gasteiger partial charge in [-0.15, -0.1) is 0 Å². The van der Waals surface area contributed by atoms with Gasteiger partial charge in [-0.3, -0.25) is 0 Å². The number of hydrogen-bond donors (Lipinski definition) is 0. The van der Waals surface area contributed by atoms with Crippen molar-refractivity contribution in [1.29, 1.82) is 0 Å². The Bertz CT molecular complexity index is 199. The summed E-state index contributed by atoms with van der Waals surface area (Å²) in [6.45, 7) is 6.06. The van der Waals surface area contributed by atoms with E-state index in [1.54, 1.807) is 0 Å². The van der Waals surface area contributed by atoms with Crippen LogP contribution in [-0.2, 0) is 0 Å². The third kappa shape index (κ3) is 3.39. The molecular weight excluding hydrogens is 268 g/mol. The van der Waals surface area contributed by atoms with Gasteiger partial charge in [0.25, 0.3) is 0 Å². The van der Waals surface area contributed by atoms with E-state index in [1.807, 2.05) is 32.0 Å². The van der Waals surface area contributed by atoms with Crippen molar-refractivity contribution in [3.05, 3.63) is 32.7 Å². The van der Waals surface area contributed by atoms with Gasteiger partial charge in [-0.2, -0.15) is 0 Å². The van der Waals surface area contributed by atoms with Crippen molar-refractivity contribution < 1.29 is 0 Å². The summed E-state index contributed by atoms with van der Waals surface area (Å²) in [5, 5.41) is 0. The van der Waals surface area contributed by atoms with Crippen molar-refractivity contribution >= 4 is 31.9 Å². The van der Waals surface area contributed by atoms with Crippen LogP contribution < -0.4 is 0 Å². The molecule has 62 valence electrons. The van der Waals surface area contributed by atoms with Crippen molar-refractivity contribution in [3.8, 4) is 0 Å². The molecule has 0 saturated carbocycles. The van der Waals surface area contributed by atoms with Gasteiger partial charge in [0.1, 0.15) is 0 Å². The molecule has 1 aromatic carbocycles. The summed E-state index contributed by atoms with van der Waals surface area (Å²) in [4.78, 5) is 0. The van der Waals surface area contributed by atoms with Crippen LogP contribution in [0.15, 0.2) is 27.1 Å². The zero-order chi connectivity index (χ0) is 8.85. The topological polar surface area (TPSA) is 0 Å². The lowest BCUT2D eigenvalue weighted by Crippen LogP contribution is -1.74. The maximum absolute atomic E-state index is 3.42. The summed E-state index contributed by atoms with van der Waals surface area (Å²) in [5.41, 5.74) is 1.25. The highest BCUT2D eigenvalue weighted by atomic mass is 79.9. The molecule has 0 amide bonds. The second kappa shape index (κ2) is 5.78. The van der Waals surface area contributed by atoms with Crippen LogP contribution in [0.1, 0.15) is 19.4 Å². The van der Waals surface area contributed by atoms with Crippen LogP contribution in [0.5, 0.6) is 0 Å². The fourth-order valence-electron chi connectivity index (χ4n) is 0.581. The molecule has 0 bridgehead atoms. The van der Waals surface area contributed by atoms with Gasteiger partial charge in [0.05, 0.1) is 0 Å². The molecule has 0 fully saturated rings. The molecule has 2 heteroatoms. The summed E-state index contributed by atoms with van der Waals surface area (Å²) in [7, 11) is 0. The van der Waals surface area contributed by atoms with Gasteiger partial charge < -0.3 is 0 Å². The average Bonchev–Trinajstić information content (AvgIpc) is 2.04. The van der Waals surface area contributed by atoms with Crippen molar-refractivity contribution in [3.63, 3.8) is 0 Å². The first kappa shape index (κ1) is 11.2.